The number of fused-ring (bicyclic) bond motifs is 1. The Morgan fingerprint density at radius 3 is 3.12 bits per heavy atom. The van der Waals surface area contributed by atoms with Gasteiger partial charge in [0.15, 0.2) is 4.96 Å². The molecule has 0 aliphatic carbocycles. The van der Waals surface area contributed by atoms with Gasteiger partial charge in [0.05, 0.1) is 5.69 Å². The molecule has 0 radical (unpaired) electrons. The monoisotopic (exact) mass is 269 g/mol. The van der Waals surface area contributed by atoms with Crippen molar-refractivity contribution >= 4 is 28.1 Å². The summed E-state index contributed by atoms with van der Waals surface area (Å²) >= 11 is 3.62. The number of rotatable bonds is 6. The summed E-state index contributed by atoms with van der Waals surface area (Å²) in [6.45, 7) is 4.47. The topological polar surface area (TPSA) is 43.3 Å². The first kappa shape index (κ1) is 12.9. The van der Waals surface area contributed by atoms with Crippen molar-refractivity contribution in [2.75, 3.05) is 5.75 Å². The van der Waals surface area contributed by atoms with Crippen LogP contribution in [0, 0.1) is 0 Å². The molecule has 2 rings (SSSR count). The number of thiazole rings is 1. The molecule has 3 nitrogen and oxygen atoms in total. The molecule has 5 heteroatoms. The molecule has 2 unspecified atom stereocenters. The van der Waals surface area contributed by atoms with E-state index < -0.39 is 0 Å². The van der Waals surface area contributed by atoms with Crippen LogP contribution < -0.4 is 5.73 Å². The predicted molar refractivity (Wildman–Crippen MR) is 77.0 cm³/mol. The van der Waals surface area contributed by atoms with E-state index in [1.807, 2.05) is 23.3 Å². The van der Waals surface area contributed by atoms with Gasteiger partial charge in [0.25, 0.3) is 0 Å². The zero-order chi connectivity index (χ0) is 12.3. The highest BCUT2D eigenvalue weighted by atomic mass is 32.2. The first-order valence-electron chi connectivity index (χ1n) is 5.97. The maximum absolute atomic E-state index is 6.13. The van der Waals surface area contributed by atoms with Gasteiger partial charge in [0, 0.05) is 41.2 Å². The standard InChI is InChI=1S/C12H19N3S2/c1-3-9(2)17-8-10(13)6-11-7-15-4-5-16-12(15)14-11/h4-5,7,9-10H,3,6,8,13H2,1-2H3. The van der Waals surface area contributed by atoms with Gasteiger partial charge in [-0.15, -0.1) is 11.3 Å². The van der Waals surface area contributed by atoms with Crippen LogP contribution in [-0.2, 0) is 6.42 Å². The highest BCUT2D eigenvalue weighted by Crippen LogP contribution is 2.16. The molecular formula is C12H19N3S2. The molecule has 0 fully saturated rings. The van der Waals surface area contributed by atoms with Gasteiger partial charge in [0.2, 0.25) is 0 Å². The van der Waals surface area contributed by atoms with Crippen LogP contribution >= 0.6 is 23.1 Å². The summed E-state index contributed by atoms with van der Waals surface area (Å²) in [5.74, 6) is 1.01. The summed E-state index contributed by atoms with van der Waals surface area (Å²) in [6, 6.07) is 0.207. The molecule has 2 N–H and O–H groups in total. The maximum atomic E-state index is 6.13. The molecule has 0 saturated heterocycles. The Hall–Kier alpha value is -0.520. The number of hydrogen-bond acceptors (Lipinski definition) is 4. The summed E-state index contributed by atoms with van der Waals surface area (Å²) in [5, 5.41) is 2.75. The smallest absolute Gasteiger partial charge is 0.193 e. The molecule has 2 atom stereocenters. The zero-order valence-electron chi connectivity index (χ0n) is 10.3. The Kier molecular flexibility index (Phi) is 4.48. The molecule has 0 bridgehead atoms. The van der Waals surface area contributed by atoms with Gasteiger partial charge in [-0.2, -0.15) is 11.8 Å². The Bertz CT molecular complexity index is 434. The fraction of sp³-hybridized carbons (Fsp3) is 0.583. The van der Waals surface area contributed by atoms with E-state index >= 15 is 0 Å². The van der Waals surface area contributed by atoms with Crippen molar-refractivity contribution in [1.29, 1.82) is 0 Å². The third kappa shape index (κ3) is 3.47. The van der Waals surface area contributed by atoms with E-state index in [1.165, 1.54) is 6.42 Å². The van der Waals surface area contributed by atoms with Crippen molar-refractivity contribution in [2.45, 2.75) is 38.0 Å². The zero-order valence-corrected chi connectivity index (χ0v) is 11.9. The molecule has 0 saturated carbocycles. The molecule has 0 amide bonds. The first-order valence-corrected chi connectivity index (χ1v) is 7.90. The molecule has 2 aromatic rings. The van der Waals surface area contributed by atoms with Crippen LogP contribution in [0.2, 0.25) is 0 Å². The minimum atomic E-state index is 0.207. The Morgan fingerprint density at radius 1 is 1.59 bits per heavy atom. The number of nitrogens with zero attached hydrogens (tertiary/aromatic N) is 2. The van der Waals surface area contributed by atoms with Gasteiger partial charge in [-0.25, -0.2) is 4.98 Å². The van der Waals surface area contributed by atoms with Crippen molar-refractivity contribution in [3.63, 3.8) is 0 Å². The van der Waals surface area contributed by atoms with Gasteiger partial charge in [-0.05, 0) is 6.42 Å². The number of aromatic nitrogens is 2. The Morgan fingerprint density at radius 2 is 2.41 bits per heavy atom. The number of thioether (sulfide) groups is 1. The van der Waals surface area contributed by atoms with E-state index in [0.29, 0.717) is 5.25 Å². The molecule has 0 aliphatic heterocycles. The predicted octanol–water partition coefficient (Wildman–Crippen LogP) is 2.80. The molecule has 0 aromatic carbocycles. The third-order valence-corrected chi connectivity index (χ3v) is 5.08. The lowest BCUT2D eigenvalue weighted by Gasteiger charge is -2.13. The fourth-order valence-electron chi connectivity index (χ4n) is 1.61. The van der Waals surface area contributed by atoms with Crippen LogP contribution in [0.3, 0.4) is 0 Å². The normalized spacial score (nSPS) is 15.2. The second-order valence-electron chi connectivity index (χ2n) is 4.34. The SMILES string of the molecule is CCC(C)SCC(N)Cc1cn2ccsc2n1. The van der Waals surface area contributed by atoms with Crippen LogP contribution in [0.15, 0.2) is 17.8 Å². The van der Waals surface area contributed by atoms with Crippen molar-refractivity contribution in [3.05, 3.63) is 23.5 Å². The maximum Gasteiger partial charge on any atom is 0.193 e. The van der Waals surface area contributed by atoms with E-state index in [9.17, 15) is 0 Å². The van der Waals surface area contributed by atoms with Crippen molar-refractivity contribution < 1.29 is 0 Å². The summed E-state index contributed by atoms with van der Waals surface area (Å²) in [6.07, 6.45) is 6.20. The minimum Gasteiger partial charge on any atom is -0.327 e. The Balaban J connectivity index is 1.86. The van der Waals surface area contributed by atoms with E-state index in [0.717, 1.165) is 22.8 Å². The van der Waals surface area contributed by atoms with Crippen molar-refractivity contribution in [3.8, 4) is 0 Å². The highest BCUT2D eigenvalue weighted by molar-refractivity contribution is 7.99. The lowest BCUT2D eigenvalue weighted by molar-refractivity contribution is 0.733. The summed E-state index contributed by atoms with van der Waals surface area (Å²) in [4.78, 5) is 5.61. The molecule has 2 aromatic heterocycles. The minimum absolute atomic E-state index is 0.207. The average molecular weight is 269 g/mol. The second kappa shape index (κ2) is 5.89. The second-order valence-corrected chi connectivity index (χ2v) is 6.69. The molecular weight excluding hydrogens is 250 g/mol. The van der Waals surface area contributed by atoms with E-state index in [2.05, 4.69) is 29.4 Å². The van der Waals surface area contributed by atoms with Crippen molar-refractivity contribution in [2.24, 2.45) is 5.73 Å². The summed E-state index contributed by atoms with van der Waals surface area (Å²) < 4.78 is 2.06. The lowest BCUT2D eigenvalue weighted by atomic mass is 10.2. The Labute approximate surface area is 110 Å². The van der Waals surface area contributed by atoms with Gasteiger partial charge in [-0.3, -0.25) is 4.40 Å². The quantitative estimate of drug-likeness (QED) is 0.877. The van der Waals surface area contributed by atoms with Crippen LogP contribution in [0.5, 0.6) is 0 Å². The first-order chi connectivity index (χ1) is 8.19. The molecule has 17 heavy (non-hydrogen) atoms. The largest absolute Gasteiger partial charge is 0.327 e. The third-order valence-electron chi connectivity index (χ3n) is 2.78. The highest BCUT2D eigenvalue weighted by Gasteiger charge is 2.10. The summed E-state index contributed by atoms with van der Waals surface area (Å²) in [7, 11) is 0. The van der Waals surface area contributed by atoms with Crippen LogP contribution in [-0.4, -0.2) is 26.4 Å². The molecule has 0 aliphatic rings. The van der Waals surface area contributed by atoms with Gasteiger partial charge in [-0.1, -0.05) is 13.8 Å². The van der Waals surface area contributed by atoms with Gasteiger partial charge < -0.3 is 5.73 Å². The molecule has 2 heterocycles. The van der Waals surface area contributed by atoms with Crippen LogP contribution in [0.4, 0.5) is 0 Å². The van der Waals surface area contributed by atoms with Crippen molar-refractivity contribution in [1.82, 2.24) is 9.38 Å². The van der Waals surface area contributed by atoms with Crippen LogP contribution in [0.25, 0.3) is 4.96 Å². The average Bonchev–Trinajstić information content (AvgIpc) is 2.86. The van der Waals surface area contributed by atoms with E-state index in [-0.39, 0.29) is 6.04 Å². The van der Waals surface area contributed by atoms with Crippen LogP contribution in [0.1, 0.15) is 26.0 Å². The van der Waals surface area contributed by atoms with E-state index in [1.54, 1.807) is 11.3 Å². The molecule has 94 valence electrons. The summed E-state index contributed by atoms with van der Waals surface area (Å²) in [5.41, 5.74) is 7.24. The number of nitrogens with two attached hydrogens (primary N) is 1. The van der Waals surface area contributed by atoms with Gasteiger partial charge >= 0.3 is 0 Å². The fourth-order valence-corrected chi connectivity index (χ4v) is 3.26. The van der Waals surface area contributed by atoms with E-state index in [4.69, 9.17) is 5.73 Å². The molecule has 0 spiro atoms. The number of hydrogen-bond donors (Lipinski definition) is 1. The lowest BCUT2D eigenvalue weighted by Crippen LogP contribution is -2.26. The number of imidazole rings is 1. The van der Waals surface area contributed by atoms with Gasteiger partial charge in [0.1, 0.15) is 0 Å².